The van der Waals surface area contributed by atoms with Crippen LogP contribution in [-0.4, -0.2) is 18.4 Å². The van der Waals surface area contributed by atoms with Crippen molar-refractivity contribution in [1.82, 2.24) is 0 Å². The number of carbonyl (C=O) groups excluding carboxylic acids is 2. The highest BCUT2D eigenvalue weighted by Gasteiger charge is 2.09. The lowest BCUT2D eigenvalue weighted by Gasteiger charge is -2.02. The molecule has 0 bridgehead atoms. The molecular formula is C14H17FO3. The number of benzene rings is 1. The highest BCUT2D eigenvalue weighted by molar-refractivity contribution is 5.95. The maximum Gasteiger partial charge on any atom is 0.313 e. The van der Waals surface area contributed by atoms with Crippen molar-refractivity contribution in [2.75, 3.05) is 6.61 Å². The largest absolute Gasteiger partial charge is 0.466 e. The number of halogens is 1. The molecule has 1 rings (SSSR count). The molecule has 18 heavy (non-hydrogen) atoms. The fourth-order valence-corrected chi connectivity index (χ4v) is 1.60. The zero-order valence-electron chi connectivity index (χ0n) is 10.4. The predicted molar refractivity (Wildman–Crippen MR) is 65.6 cm³/mol. The summed E-state index contributed by atoms with van der Waals surface area (Å²) in [5, 5.41) is 0. The molecule has 0 N–H and O–H groups in total. The fourth-order valence-electron chi connectivity index (χ4n) is 1.60. The van der Waals surface area contributed by atoms with Gasteiger partial charge in [0.15, 0.2) is 0 Å². The molecule has 1 aromatic carbocycles. The minimum atomic E-state index is -0.468. The molecule has 0 amide bonds. The first kappa shape index (κ1) is 14.4. The number of Topliss-reactive ketones (excluding diaryl/α,β-unsaturated/α-hetero) is 1. The minimum Gasteiger partial charge on any atom is -0.466 e. The second-order valence-electron chi connectivity index (χ2n) is 4.00. The Morgan fingerprint density at radius 2 is 1.89 bits per heavy atom. The van der Waals surface area contributed by atoms with E-state index in [1.165, 1.54) is 12.1 Å². The molecule has 4 heteroatoms. The Kier molecular flexibility index (Phi) is 6.05. The first-order valence-corrected chi connectivity index (χ1v) is 6.03. The number of ether oxygens (including phenoxy) is 1. The van der Waals surface area contributed by atoms with Gasteiger partial charge in [-0.1, -0.05) is 12.1 Å². The molecule has 3 nitrogen and oxygen atoms in total. The first-order valence-electron chi connectivity index (χ1n) is 6.03. The number of hydrogen-bond acceptors (Lipinski definition) is 3. The number of esters is 1. The molecule has 0 atom stereocenters. The van der Waals surface area contributed by atoms with Gasteiger partial charge in [0.2, 0.25) is 0 Å². The van der Waals surface area contributed by atoms with E-state index >= 15 is 0 Å². The molecule has 0 aliphatic carbocycles. The molecule has 0 saturated heterocycles. The summed E-state index contributed by atoms with van der Waals surface area (Å²) in [7, 11) is 0. The Balaban J connectivity index is 2.23. The van der Waals surface area contributed by atoms with E-state index in [1.54, 1.807) is 19.1 Å². The summed E-state index contributed by atoms with van der Waals surface area (Å²) in [4.78, 5) is 22.5. The van der Waals surface area contributed by atoms with Gasteiger partial charge in [-0.2, -0.15) is 0 Å². The molecule has 1 aromatic rings. The molecule has 0 saturated carbocycles. The number of rotatable bonds is 7. The lowest BCUT2D eigenvalue weighted by Crippen LogP contribution is -2.11. The van der Waals surface area contributed by atoms with Gasteiger partial charge < -0.3 is 4.74 Å². The molecular weight excluding hydrogens is 235 g/mol. The Bertz CT molecular complexity index is 398. The SMILES string of the molecule is CCOC(=O)CC(=O)CCCc1ccc(F)cc1. The van der Waals surface area contributed by atoms with Crippen LogP contribution in [0.2, 0.25) is 0 Å². The van der Waals surface area contributed by atoms with Gasteiger partial charge in [-0.15, -0.1) is 0 Å². The molecule has 0 spiro atoms. The summed E-state index contributed by atoms with van der Waals surface area (Å²) in [6, 6.07) is 6.20. The molecule has 0 aliphatic heterocycles. The van der Waals surface area contributed by atoms with Gasteiger partial charge in [-0.25, -0.2) is 4.39 Å². The van der Waals surface area contributed by atoms with Gasteiger partial charge in [0.1, 0.15) is 18.0 Å². The van der Waals surface area contributed by atoms with Crippen molar-refractivity contribution in [1.29, 1.82) is 0 Å². The van der Waals surface area contributed by atoms with E-state index in [0.717, 1.165) is 5.56 Å². The van der Waals surface area contributed by atoms with E-state index in [9.17, 15) is 14.0 Å². The highest BCUT2D eigenvalue weighted by Crippen LogP contribution is 2.08. The second kappa shape index (κ2) is 7.58. The van der Waals surface area contributed by atoms with Crippen molar-refractivity contribution in [3.63, 3.8) is 0 Å². The predicted octanol–water partition coefficient (Wildman–Crippen LogP) is 2.67. The third-order valence-corrected chi connectivity index (χ3v) is 2.48. The summed E-state index contributed by atoms with van der Waals surface area (Å²) in [6.07, 6.45) is 1.55. The molecule has 0 radical (unpaired) electrons. The van der Waals surface area contributed by atoms with Gasteiger partial charge in [-0.05, 0) is 37.5 Å². The zero-order valence-corrected chi connectivity index (χ0v) is 10.4. The third kappa shape index (κ3) is 5.57. The fraction of sp³-hybridized carbons (Fsp3) is 0.429. The van der Waals surface area contributed by atoms with Gasteiger partial charge >= 0.3 is 5.97 Å². The van der Waals surface area contributed by atoms with Crippen LogP contribution >= 0.6 is 0 Å². The van der Waals surface area contributed by atoms with E-state index in [4.69, 9.17) is 0 Å². The van der Waals surface area contributed by atoms with Gasteiger partial charge in [-0.3, -0.25) is 9.59 Å². The average molecular weight is 252 g/mol. The van der Waals surface area contributed by atoms with Crippen LogP contribution in [0.25, 0.3) is 0 Å². The van der Waals surface area contributed by atoms with Crippen molar-refractivity contribution in [2.24, 2.45) is 0 Å². The molecule has 0 fully saturated rings. The quantitative estimate of drug-likeness (QED) is 0.553. The summed E-state index contributed by atoms with van der Waals surface area (Å²) in [5.74, 6) is -0.850. The van der Waals surface area contributed by atoms with Crippen molar-refractivity contribution in [3.8, 4) is 0 Å². The topological polar surface area (TPSA) is 43.4 Å². The van der Waals surface area contributed by atoms with Crippen LogP contribution in [0.5, 0.6) is 0 Å². The lowest BCUT2D eigenvalue weighted by molar-refractivity contribution is -0.145. The van der Waals surface area contributed by atoms with Gasteiger partial charge in [0.05, 0.1) is 6.61 Å². The van der Waals surface area contributed by atoms with Crippen molar-refractivity contribution in [2.45, 2.75) is 32.6 Å². The van der Waals surface area contributed by atoms with Gasteiger partial charge in [0, 0.05) is 6.42 Å². The Labute approximate surface area is 106 Å². The second-order valence-corrected chi connectivity index (χ2v) is 4.00. The van der Waals surface area contributed by atoms with Crippen molar-refractivity contribution in [3.05, 3.63) is 35.6 Å². The molecule has 0 aliphatic rings. The van der Waals surface area contributed by atoms with Crippen LogP contribution in [0.1, 0.15) is 31.7 Å². The normalized spacial score (nSPS) is 10.1. The van der Waals surface area contributed by atoms with E-state index in [-0.39, 0.29) is 18.0 Å². The van der Waals surface area contributed by atoms with Crippen molar-refractivity contribution >= 4 is 11.8 Å². The van der Waals surface area contributed by atoms with Crippen LogP contribution in [-0.2, 0) is 20.7 Å². The van der Waals surface area contributed by atoms with Crippen LogP contribution in [0, 0.1) is 5.82 Å². The van der Waals surface area contributed by atoms with Crippen LogP contribution < -0.4 is 0 Å². The first-order chi connectivity index (χ1) is 8.61. The summed E-state index contributed by atoms with van der Waals surface area (Å²) < 4.78 is 17.3. The third-order valence-electron chi connectivity index (χ3n) is 2.48. The number of hydrogen-bond donors (Lipinski definition) is 0. The van der Waals surface area contributed by atoms with E-state index in [2.05, 4.69) is 4.74 Å². The zero-order chi connectivity index (χ0) is 13.4. The Hall–Kier alpha value is -1.71. The summed E-state index contributed by atoms with van der Waals surface area (Å²) >= 11 is 0. The smallest absolute Gasteiger partial charge is 0.313 e. The number of carbonyl (C=O) groups is 2. The molecule has 0 aromatic heterocycles. The Morgan fingerprint density at radius 3 is 2.50 bits per heavy atom. The maximum absolute atomic E-state index is 12.6. The van der Waals surface area contributed by atoms with Crippen LogP contribution in [0.15, 0.2) is 24.3 Å². The molecule has 0 unspecified atom stereocenters. The maximum atomic E-state index is 12.6. The van der Waals surface area contributed by atoms with Gasteiger partial charge in [0.25, 0.3) is 0 Å². The number of aryl methyl sites for hydroxylation is 1. The lowest BCUT2D eigenvalue weighted by atomic mass is 10.1. The summed E-state index contributed by atoms with van der Waals surface area (Å²) in [6.45, 7) is 2.00. The van der Waals surface area contributed by atoms with Crippen LogP contribution in [0.4, 0.5) is 4.39 Å². The highest BCUT2D eigenvalue weighted by atomic mass is 19.1. The monoisotopic (exact) mass is 252 g/mol. The summed E-state index contributed by atoms with van der Waals surface area (Å²) in [5.41, 5.74) is 0.986. The van der Waals surface area contributed by atoms with Crippen LogP contribution in [0.3, 0.4) is 0 Å². The van der Waals surface area contributed by atoms with E-state index in [1.807, 2.05) is 0 Å². The Morgan fingerprint density at radius 1 is 1.22 bits per heavy atom. The number of ketones is 1. The average Bonchev–Trinajstić information content (AvgIpc) is 2.32. The standard InChI is InChI=1S/C14H17FO3/c1-2-18-14(17)10-13(16)5-3-4-11-6-8-12(15)9-7-11/h6-9H,2-5,10H2,1H3. The molecule has 98 valence electrons. The van der Waals surface area contributed by atoms with Crippen molar-refractivity contribution < 1.29 is 18.7 Å². The van der Waals surface area contributed by atoms with E-state index < -0.39 is 5.97 Å². The minimum absolute atomic E-state index is 0.115. The van der Waals surface area contributed by atoms with E-state index in [0.29, 0.717) is 25.9 Å². The molecule has 0 heterocycles.